The van der Waals surface area contributed by atoms with Crippen LogP contribution in [0.1, 0.15) is 32.9 Å². The molecule has 0 spiro atoms. The standard InChI is InChI=1S/C15H24F2N4/c1-11-7-19-13(9-18-11)20-8-12-5-6-21(14(2,3)4)10-15(12,16)17/h7,9,12H,5-6,8,10H2,1-4H3,(H,19,20)/t12-/m1/s1. The van der Waals surface area contributed by atoms with Crippen molar-refractivity contribution in [1.29, 1.82) is 0 Å². The molecule has 0 radical (unpaired) electrons. The predicted octanol–water partition coefficient (Wildman–Crippen LogP) is 2.95. The SMILES string of the molecule is Cc1cnc(NC[C@H]2CCN(C(C)(C)C)CC2(F)F)cn1. The molecule has 1 N–H and O–H groups in total. The van der Waals surface area contributed by atoms with Crippen LogP contribution in [-0.2, 0) is 0 Å². The molecule has 0 saturated carbocycles. The molecule has 6 heteroatoms. The van der Waals surface area contributed by atoms with Gasteiger partial charge in [0, 0.05) is 18.0 Å². The highest BCUT2D eigenvalue weighted by Gasteiger charge is 2.46. The van der Waals surface area contributed by atoms with Crippen molar-refractivity contribution in [1.82, 2.24) is 14.9 Å². The van der Waals surface area contributed by atoms with Crippen molar-refractivity contribution in [3.63, 3.8) is 0 Å². The van der Waals surface area contributed by atoms with Crippen molar-refractivity contribution in [2.24, 2.45) is 5.92 Å². The first-order valence-corrected chi connectivity index (χ1v) is 7.34. The molecule has 1 aromatic heterocycles. The van der Waals surface area contributed by atoms with Crippen LogP contribution in [0.25, 0.3) is 0 Å². The van der Waals surface area contributed by atoms with E-state index < -0.39 is 11.8 Å². The zero-order chi connectivity index (χ0) is 15.7. The minimum Gasteiger partial charge on any atom is -0.368 e. The topological polar surface area (TPSA) is 41.1 Å². The lowest BCUT2D eigenvalue weighted by Gasteiger charge is -2.44. The molecule has 4 nitrogen and oxygen atoms in total. The number of hydrogen-bond acceptors (Lipinski definition) is 4. The Bertz CT molecular complexity index is 468. The molecule has 1 aromatic rings. The van der Waals surface area contributed by atoms with Gasteiger partial charge in [-0.1, -0.05) is 0 Å². The van der Waals surface area contributed by atoms with Crippen LogP contribution in [0.3, 0.4) is 0 Å². The monoisotopic (exact) mass is 298 g/mol. The third kappa shape index (κ3) is 4.09. The normalized spacial score (nSPS) is 23.0. The highest BCUT2D eigenvalue weighted by Crippen LogP contribution is 2.35. The Morgan fingerprint density at radius 2 is 2.05 bits per heavy atom. The minimum atomic E-state index is -2.68. The van der Waals surface area contributed by atoms with Gasteiger partial charge >= 0.3 is 0 Å². The lowest BCUT2D eigenvalue weighted by atomic mass is 9.89. The summed E-state index contributed by atoms with van der Waals surface area (Å²) in [6, 6.07) is 0. The molecule has 0 aliphatic carbocycles. The Morgan fingerprint density at radius 1 is 1.33 bits per heavy atom. The fraction of sp³-hybridized carbons (Fsp3) is 0.733. The van der Waals surface area contributed by atoms with Crippen molar-refractivity contribution >= 4 is 5.82 Å². The van der Waals surface area contributed by atoms with E-state index in [2.05, 4.69) is 15.3 Å². The Labute approximate surface area is 125 Å². The van der Waals surface area contributed by atoms with Gasteiger partial charge in [0.2, 0.25) is 0 Å². The smallest absolute Gasteiger partial charge is 0.265 e. The summed E-state index contributed by atoms with van der Waals surface area (Å²) in [5.74, 6) is -2.80. The maximum Gasteiger partial charge on any atom is 0.265 e. The van der Waals surface area contributed by atoms with Crippen LogP contribution in [0.5, 0.6) is 0 Å². The number of likely N-dealkylation sites (tertiary alicyclic amines) is 1. The van der Waals surface area contributed by atoms with Crippen molar-refractivity contribution in [2.75, 3.05) is 25.0 Å². The van der Waals surface area contributed by atoms with Gasteiger partial charge in [-0.15, -0.1) is 0 Å². The van der Waals surface area contributed by atoms with E-state index in [-0.39, 0.29) is 18.6 Å². The molecule has 1 aliphatic rings. The molecular formula is C15H24F2N4. The summed E-state index contributed by atoms with van der Waals surface area (Å²) in [6.07, 6.45) is 3.69. The number of aryl methyl sites for hydroxylation is 1. The summed E-state index contributed by atoms with van der Waals surface area (Å²) < 4.78 is 28.6. The Morgan fingerprint density at radius 3 is 2.57 bits per heavy atom. The van der Waals surface area contributed by atoms with Crippen LogP contribution in [0.4, 0.5) is 14.6 Å². The highest BCUT2D eigenvalue weighted by molar-refractivity contribution is 5.31. The Balaban J connectivity index is 1.94. The summed E-state index contributed by atoms with van der Waals surface area (Å²) >= 11 is 0. The Hall–Kier alpha value is -1.30. The molecule has 0 aromatic carbocycles. The van der Waals surface area contributed by atoms with Crippen molar-refractivity contribution in [3.05, 3.63) is 18.1 Å². The van der Waals surface area contributed by atoms with Crippen molar-refractivity contribution in [3.8, 4) is 0 Å². The van der Waals surface area contributed by atoms with Gasteiger partial charge in [-0.25, -0.2) is 13.8 Å². The molecule has 1 atom stereocenters. The first kappa shape index (κ1) is 16.1. The van der Waals surface area contributed by atoms with E-state index in [4.69, 9.17) is 0 Å². The van der Waals surface area contributed by atoms with Crippen LogP contribution in [0.15, 0.2) is 12.4 Å². The number of piperidine rings is 1. The first-order valence-electron chi connectivity index (χ1n) is 7.34. The van der Waals surface area contributed by atoms with Crippen LogP contribution < -0.4 is 5.32 Å². The van der Waals surface area contributed by atoms with Gasteiger partial charge in [-0.2, -0.15) is 0 Å². The van der Waals surface area contributed by atoms with E-state index in [0.717, 1.165) is 5.69 Å². The summed E-state index contributed by atoms with van der Waals surface area (Å²) in [6.45, 7) is 8.51. The summed E-state index contributed by atoms with van der Waals surface area (Å²) in [5, 5.41) is 2.98. The molecule has 0 bridgehead atoms. The van der Waals surface area contributed by atoms with Crippen molar-refractivity contribution < 1.29 is 8.78 Å². The Kier molecular flexibility index (Phi) is 4.46. The van der Waals surface area contributed by atoms with Gasteiger partial charge in [0.25, 0.3) is 5.92 Å². The van der Waals surface area contributed by atoms with Gasteiger partial charge in [0.05, 0.1) is 24.6 Å². The maximum absolute atomic E-state index is 14.3. The lowest BCUT2D eigenvalue weighted by Crippen LogP contribution is -2.56. The summed E-state index contributed by atoms with van der Waals surface area (Å²) in [5.41, 5.74) is 0.592. The van der Waals surface area contributed by atoms with Crippen molar-refractivity contribution in [2.45, 2.75) is 45.6 Å². The number of halogens is 2. The average molecular weight is 298 g/mol. The van der Waals surface area contributed by atoms with Crippen LogP contribution in [0.2, 0.25) is 0 Å². The number of rotatable bonds is 3. The van der Waals surface area contributed by atoms with Crippen LogP contribution in [-0.4, -0.2) is 46.0 Å². The third-order valence-corrected chi connectivity index (χ3v) is 4.01. The number of nitrogens with one attached hydrogen (secondary N) is 1. The fourth-order valence-electron chi connectivity index (χ4n) is 2.52. The second kappa shape index (κ2) is 5.83. The molecule has 1 fully saturated rings. The van der Waals surface area contributed by atoms with E-state index in [1.165, 1.54) is 0 Å². The molecule has 0 unspecified atom stereocenters. The second-order valence-electron chi connectivity index (χ2n) is 6.76. The molecule has 1 saturated heterocycles. The number of nitrogens with zero attached hydrogens (tertiary/aromatic N) is 3. The van der Waals surface area contributed by atoms with E-state index in [9.17, 15) is 8.78 Å². The number of anilines is 1. The lowest BCUT2D eigenvalue weighted by molar-refractivity contribution is -0.124. The molecule has 21 heavy (non-hydrogen) atoms. The number of hydrogen-bond donors (Lipinski definition) is 1. The molecule has 118 valence electrons. The molecule has 2 rings (SSSR count). The number of alkyl halides is 2. The zero-order valence-electron chi connectivity index (χ0n) is 13.2. The minimum absolute atomic E-state index is 0.178. The highest BCUT2D eigenvalue weighted by atomic mass is 19.3. The van der Waals surface area contributed by atoms with E-state index in [1.54, 1.807) is 12.4 Å². The van der Waals surface area contributed by atoms with E-state index in [1.807, 2.05) is 32.6 Å². The third-order valence-electron chi connectivity index (χ3n) is 4.01. The molecule has 2 heterocycles. The van der Waals surface area contributed by atoms with Gasteiger partial charge in [-0.3, -0.25) is 9.88 Å². The maximum atomic E-state index is 14.3. The van der Waals surface area contributed by atoms with E-state index >= 15 is 0 Å². The molecule has 0 amide bonds. The number of aromatic nitrogens is 2. The first-order chi connectivity index (χ1) is 9.68. The van der Waals surface area contributed by atoms with Crippen LogP contribution >= 0.6 is 0 Å². The quantitative estimate of drug-likeness (QED) is 0.931. The second-order valence-corrected chi connectivity index (χ2v) is 6.76. The predicted molar refractivity (Wildman–Crippen MR) is 79.6 cm³/mol. The fourth-order valence-corrected chi connectivity index (χ4v) is 2.52. The van der Waals surface area contributed by atoms with E-state index in [0.29, 0.717) is 18.8 Å². The average Bonchev–Trinajstić information content (AvgIpc) is 2.37. The van der Waals surface area contributed by atoms with Crippen LogP contribution in [0, 0.1) is 12.8 Å². The largest absolute Gasteiger partial charge is 0.368 e. The van der Waals surface area contributed by atoms with Gasteiger partial charge in [-0.05, 0) is 40.7 Å². The molecule has 1 aliphatic heterocycles. The van der Waals surface area contributed by atoms with Gasteiger partial charge in [0.1, 0.15) is 5.82 Å². The summed E-state index contributed by atoms with van der Waals surface area (Å²) in [4.78, 5) is 10.1. The van der Waals surface area contributed by atoms with Gasteiger partial charge < -0.3 is 5.32 Å². The zero-order valence-corrected chi connectivity index (χ0v) is 13.2. The summed E-state index contributed by atoms with van der Waals surface area (Å²) in [7, 11) is 0. The van der Waals surface area contributed by atoms with Gasteiger partial charge in [0.15, 0.2) is 0 Å². The molecular weight excluding hydrogens is 274 g/mol.